The van der Waals surface area contributed by atoms with Crippen LogP contribution in [0.15, 0.2) is 47.5 Å². The highest BCUT2D eigenvalue weighted by Gasteiger charge is 2.15. The Kier molecular flexibility index (Phi) is 3.42. The molecule has 0 unspecified atom stereocenters. The van der Waals surface area contributed by atoms with Gasteiger partial charge in [0.2, 0.25) is 0 Å². The summed E-state index contributed by atoms with van der Waals surface area (Å²) < 4.78 is 1.37. The Morgan fingerprint density at radius 3 is 2.68 bits per heavy atom. The summed E-state index contributed by atoms with van der Waals surface area (Å²) in [6, 6.07) is 8.75. The molecule has 0 aliphatic carbocycles. The van der Waals surface area contributed by atoms with Crippen LogP contribution in [0.25, 0.3) is 11.0 Å². The molecule has 3 aromatic rings. The lowest BCUT2D eigenvalue weighted by molar-refractivity contribution is 0.102. The molecule has 0 fully saturated rings. The first kappa shape index (κ1) is 13.9. The average Bonchev–Trinajstić information content (AvgIpc) is 2.53. The van der Waals surface area contributed by atoms with Gasteiger partial charge < -0.3 is 5.32 Å². The van der Waals surface area contributed by atoms with Crippen molar-refractivity contribution in [1.29, 1.82) is 0 Å². The molecule has 0 atom stereocenters. The minimum atomic E-state index is -0.479. The Bertz CT molecular complexity index is 931. The number of rotatable bonds is 2. The molecule has 0 spiro atoms. The van der Waals surface area contributed by atoms with E-state index in [0.717, 1.165) is 10.9 Å². The Morgan fingerprint density at radius 1 is 1.18 bits per heavy atom. The highest BCUT2D eigenvalue weighted by Crippen LogP contribution is 2.13. The minimum absolute atomic E-state index is 0.0630. The normalized spacial score (nSPS) is 10.6. The predicted molar refractivity (Wildman–Crippen MR) is 83.9 cm³/mol. The van der Waals surface area contributed by atoms with Gasteiger partial charge in [0.25, 0.3) is 11.5 Å². The second-order valence-corrected chi connectivity index (χ2v) is 4.96. The van der Waals surface area contributed by atoms with Gasteiger partial charge in [0, 0.05) is 24.8 Å². The quantitative estimate of drug-likeness (QED) is 0.783. The van der Waals surface area contributed by atoms with Gasteiger partial charge in [-0.2, -0.15) is 0 Å². The molecular formula is C16H14N4O2. The number of anilines is 1. The van der Waals surface area contributed by atoms with Gasteiger partial charge >= 0.3 is 0 Å². The van der Waals surface area contributed by atoms with E-state index in [-0.39, 0.29) is 5.56 Å². The van der Waals surface area contributed by atoms with Crippen molar-refractivity contribution in [2.75, 3.05) is 5.32 Å². The van der Waals surface area contributed by atoms with Crippen molar-refractivity contribution in [2.24, 2.45) is 7.05 Å². The third-order valence-electron chi connectivity index (χ3n) is 3.46. The fourth-order valence-corrected chi connectivity index (χ4v) is 2.25. The van der Waals surface area contributed by atoms with E-state index in [1.807, 2.05) is 19.1 Å². The first-order chi connectivity index (χ1) is 10.6. The lowest BCUT2D eigenvalue weighted by Crippen LogP contribution is -2.28. The van der Waals surface area contributed by atoms with E-state index in [4.69, 9.17) is 0 Å². The van der Waals surface area contributed by atoms with Gasteiger partial charge in [-0.15, -0.1) is 0 Å². The second kappa shape index (κ2) is 5.40. The third-order valence-corrected chi connectivity index (χ3v) is 3.46. The summed E-state index contributed by atoms with van der Waals surface area (Å²) >= 11 is 0. The highest BCUT2D eigenvalue weighted by atomic mass is 16.2. The zero-order valence-corrected chi connectivity index (χ0v) is 12.2. The molecule has 1 amide bonds. The number of fused-ring (bicyclic) bond motifs is 1. The molecule has 6 heteroatoms. The number of carbonyl (C=O) groups excluding carboxylic acids is 1. The Morgan fingerprint density at radius 2 is 1.91 bits per heavy atom. The van der Waals surface area contributed by atoms with E-state index in [2.05, 4.69) is 15.3 Å². The number of hydrogen-bond donors (Lipinski definition) is 1. The van der Waals surface area contributed by atoms with E-state index < -0.39 is 11.5 Å². The van der Waals surface area contributed by atoms with Crippen molar-refractivity contribution in [3.63, 3.8) is 0 Å². The second-order valence-electron chi connectivity index (χ2n) is 4.96. The molecule has 0 bridgehead atoms. The van der Waals surface area contributed by atoms with Gasteiger partial charge in [-0.25, -0.2) is 9.97 Å². The van der Waals surface area contributed by atoms with Crippen molar-refractivity contribution in [1.82, 2.24) is 14.5 Å². The monoisotopic (exact) mass is 294 g/mol. The number of nitrogens with zero attached hydrogens (tertiary/aromatic N) is 3. The van der Waals surface area contributed by atoms with Crippen LogP contribution in [0.4, 0.5) is 5.82 Å². The SMILES string of the molecule is Cc1cccnc1NC(=O)c1cc2cccnc2n(C)c1=O. The number of nitrogens with one attached hydrogen (secondary N) is 1. The van der Waals surface area contributed by atoms with Crippen molar-refractivity contribution < 1.29 is 4.79 Å². The molecule has 3 heterocycles. The largest absolute Gasteiger partial charge is 0.306 e. The van der Waals surface area contributed by atoms with Gasteiger partial charge in [0.05, 0.1) is 0 Å². The van der Waals surface area contributed by atoms with Crippen LogP contribution in [0.1, 0.15) is 15.9 Å². The maximum Gasteiger partial charge on any atom is 0.264 e. The first-order valence-corrected chi connectivity index (χ1v) is 6.75. The summed E-state index contributed by atoms with van der Waals surface area (Å²) in [6.07, 6.45) is 3.20. The molecular weight excluding hydrogens is 280 g/mol. The summed E-state index contributed by atoms with van der Waals surface area (Å²) in [5.74, 6) is -0.0333. The standard InChI is InChI=1S/C16H14N4O2/c1-10-5-3-7-17-13(10)19-15(21)12-9-11-6-4-8-18-14(11)20(2)16(12)22/h3-9H,1-2H3,(H,17,19,21). The Balaban J connectivity index is 2.07. The maximum atomic E-state index is 12.4. The van der Waals surface area contributed by atoms with E-state index in [0.29, 0.717) is 11.5 Å². The Hall–Kier alpha value is -3.02. The van der Waals surface area contributed by atoms with Crippen molar-refractivity contribution in [2.45, 2.75) is 6.92 Å². The fourth-order valence-electron chi connectivity index (χ4n) is 2.25. The molecule has 0 aliphatic rings. The molecule has 6 nitrogen and oxygen atoms in total. The molecule has 0 aliphatic heterocycles. The maximum absolute atomic E-state index is 12.4. The summed E-state index contributed by atoms with van der Waals surface area (Å²) in [4.78, 5) is 33.0. The lowest BCUT2D eigenvalue weighted by atomic mass is 10.2. The minimum Gasteiger partial charge on any atom is -0.306 e. The van der Waals surface area contributed by atoms with Crippen molar-refractivity contribution >= 4 is 22.8 Å². The van der Waals surface area contributed by atoms with E-state index in [9.17, 15) is 9.59 Å². The van der Waals surface area contributed by atoms with Gasteiger partial charge in [-0.1, -0.05) is 6.07 Å². The molecule has 0 radical (unpaired) electrons. The molecule has 110 valence electrons. The smallest absolute Gasteiger partial charge is 0.264 e. The summed E-state index contributed by atoms with van der Waals surface area (Å²) in [7, 11) is 1.60. The summed E-state index contributed by atoms with van der Waals surface area (Å²) in [5.41, 5.74) is 1.04. The van der Waals surface area contributed by atoms with Crippen LogP contribution in [-0.2, 0) is 7.05 Å². The molecule has 0 aromatic carbocycles. The summed E-state index contributed by atoms with van der Waals surface area (Å²) in [6.45, 7) is 1.84. The van der Waals surface area contributed by atoms with Crippen LogP contribution in [0.2, 0.25) is 0 Å². The predicted octanol–water partition coefficient (Wildman–Crippen LogP) is 1.89. The zero-order valence-electron chi connectivity index (χ0n) is 12.2. The van der Waals surface area contributed by atoms with Crippen LogP contribution in [0, 0.1) is 6.92 Å². The van der Waals surface area contributed by atoms with Crippen LogP contribution in [0.3, 0.4) is 0 Å². The van der Waals surface area contributed by atoms with Gasteiger partial charge in [0.15, 0.2) is 0 Å². The topological polar surface area (TPSA) is 76.9 Å². The van der Waals surface area contributed by atoms with Crippen LogP contribution in [-0.4, -0.2) is 20.4 Å². The third kappa shape index (κ3) is 2.35. The molecule has 0 saturated heterocycles. The summed E-state index contributed by atoms with van der Waals surface area (Å²) in [5, 5.41) is 3.40. The van der Waals surface area contributed by atoms with Crippen LogP contribution < -0.4 is 10.9 Å². The number of pyridine rings is 3. The number of hydrogen-bond acceptors (Lipinski definition) is 4. The number of amides is 1. The molecule has 0 saturated carbocycles. The van der Waals surface area contributed by atoms with Gasteiger partial charge in [0.1, 0.15) is 17.0 Å². The highest BCUT2D eigenvalue weighted by molar-refractivity contribution is 6.05. The van der Waals surface area contributed by atoms with Gasteiger partial charge in [-0.3, -0.25) is 14.2 Å². The van der Waals surface area contributed by atoms with Crippen LogP contribution >= 0.6 is 0 Å². The molecule has 3 rings (SSSR count). The number of carbonyl (C=O) groups is 1. The Labute approximate surface area is 126 Å². The lowest BCUT2D eigenvalue weighted by Gasteiger charge is -2.09. The number of aromatic nitrogens is 3. The van der Waals surface area contributed by atoms with E-state index in [1.165, 1.54) is 4.57 Å². The van der Waals surface area contributed by atoms with E-state index in [1.54, 1.807) is 37.6 Å². The van der Waals surface area contributed by atoms with Crippen molar-refractivity contribution in [3.05, 3.63) is 64.2 Å². The van der Waals surface area contributed by atoms with Gasteiger partial charge in [-0.05, 0) is 36.8 Å². The van der Waals surface area contributed by atoms with Crippen molar-refractivity contribution in [3.8, 4) is 0 Å². The average molecular weight is 294 g/mol. The molecule has 3 aromatic heterocycles. The molecule has 22 heavy (non-hydrogen) atoms. The number of aryl methyl sites for hydroxylation is 2. The molecule has 1 N–H and O–H groups in total. The zero-order chi connectivity index (χ0) is 15.7. The van der Waals surface area contributed by atoms with Crippen LogP contribution in [0.5, 0.6) is 0 Å². The fraction of sp³-hybridized carbons (Fsp3) is 0.125. The first-order valence-electron chi connectivity index (χ1n) is 6.75. The van der Waals surface area contributed by atoms with E-state index >= 15 is 0 Å².